The van der Waals surface area contributed by atoms with Crippen molar-refractivity contribution >= 4 is 29.3 Å². The Labute approximate surface area is 158 Å². The SMILES string of the molecule is Cc1ccc(-n2cnnc2SC(C)C(=O)N(C(C)C)C(C)C)cc1Cl. The Balaban J connectivity index is 2.22. The van der Waals surface area contributed by atoms with Gasteiger partial charge in [-0.25, -0.2) is 0 Å². The van der Waals surface area contributed by atoms with Crippen LogP contribution in [0.4, 0.5) is 0 Å². The van der Waals surface area contributed by atoms with E-state index in [0.717, 1.165) is 11.3 Å². The summed E-state index contributed by atoms with van der Waals surface area (Å²) >= 11 is 7.64. The number of nitrogens with zero attached hydrogens (tertiary/aromatic N) is 4. The largest absolute Gasteiger partial charge is 0.337 e. The first-order valence-electron chi connectivity index (χ1n) is 8.37. The maximum Gasteiger partial charge on any atom is 0.236 e. The molecule has 0 spiro atoms. The molecule has 0 aliphatic carbocycles. The number of aromatic nitrogens is 3. The van der Waals surface area contributed by atoms with Gasteiger partial charge < -0.3 is 4.90 Å². The van der Waals surface area contributed by atoms with Gasteiger partial charge in [-0.2, -0.15) is 0 Å². The molecule has 0 aliphatic heterocycles. The second kappa shape index (κ2) is 8.23. The second-order valence-electron chi connectivity index (χ2n) is 6.61. The Morgan fingerprint density at radius 3 is 2.40 bits per heavy atom. The molecule has 0 saturated heterocycles. The van der Waals surface area contributed by atoms with Crippen molar-refractivity contribution in [2.75, 3.05) is 0 Å². The lowest BCUT2D eigenvalue weighted by atomic mass is 10.2. The number of aryl methyl sites for hydroxylation is 1. The van der Waals surface area contributed by atoms with Crippen LogP contribution in [0.3, 0.4) is 0 Å². The molecule has 0 saturated carbocycles. The third kappa shape index (κ3) is 4.55. The molecule has 1 heterocycles. The minimum absolute atomic E-state index is 0.103. The quantitative estimate of drug-likeness (QED) is 0.699. The molecule has 1 aromatic carbocycles. The van der Waals surface area contributed by atoms with E-state index in [1.54, 1.807) is 6.33 Å². The summed E-state index contributed by atoms with van der Waals surface area (Å²) in [6.07, 6.45) is 1.64. The third-order valence-corrected chi connectivity index (χ3v) is 5.40. The normalized spacial score (nSPS) is 12.7. The van der Waals surface area contributed by atoms with E-state index in [9.17, 15) is 4.79 Å². The van der Waals surface area contributed by atoms with Crippen LogP contribution in [-0.2, 0) is 4.79 Å². The molecule has 0 bridgehead atoms. The predicted molar refractivity (Wildman–Crippen MR) is 104 cm³/mol. The Kier molecular flexibility index (Phi) is 6.52. The molecule has 136 valence electrons. The van der Waals surface area contributed by atoms with Gasteiger partial charge in [-0.3, -0.25) is 9.36 Å². The predicted octanol–water partition coefficient (Wildman–Crippen LogP) is 4.36. The Hall–Kier alpha value is -1.53. The van der Waals surface area contributed by atoms with Crippen molar-refractivity contribution in [2.24, 2.45) is 0 Å². The second-order valence-corrected chi connectivity index (χ2v) is 8.33. The van der Waals surface area contributed by atoms with Crippen molar-refractivity contribution in [2.45, 2.75) is 64.0 Å². The lowest BCUT2D eigenvalue weighted by Gasteiger charge is -2.32. The van der Waals surface area contributed by atoms with Gasteiger partial charge in [-0.15, -0.1) is 10.2 Å². The molecule has 7 heteroatoms. The molecule has 0 aliphatic rings. The molecular formula is C18H25ClN4OS. The van der Waals surface area contributed by atoms with Crippen molar-refractivity contribution in [3.63, 3.8) is 0 Å². The topological polar surface area (TPSA) is 51.0 Å². The number of thioether (sulfide) groups is 1. The van der Waals surface area contributed by atoms with E-state index in [1.807, 2.05) is 69.2 Å². The summed E-state index contributed by atoms with van der Waals surface area (Å²) in [6, 6.07) is 6.12. The maximum absolute atomic E-state index is 12.8. The molecule has 2 aromatic rings. The fraction of sp³-hybridized carbons (Fsp3) is 0.500. The molecule has 0 N–H and O–H groups in total. The van der Waals surface area contributed by atoms with Crippen LogP contribution < -0.4 is 0 Å². The number of carbonyl (C=O) groups is 1. The third-order valence-electron chi connectivity index (χ3n) is 3.95. The van der Waals surface area contributed by atoms with E-state index in [4.69, 9.17) is 11.6 Å². The van der Waals surface area contributed by atoms with Gasteiger partial charge >= 0.3 is 0 Å². The molecule has 2 rings (SSSR count). The van der Waals surface area contributed by atoms with Crippen LogP contribution in [0.2, 0.25) is 5.02 Å². The van der Waals surface area contributed by atoms with Crippen molar-refractivity contribution in [1.82, 2.24) is 19.7 Å². The molecule has 25 heavy (non-hydrogen) atoms. The highest BCUT2D eigenvalue weighted by Crippen LogP contribution is 2.27. The van der Waals surface area contributed by atoms with Crippen LogP contribution >= 0.6 is 23.4 Å². The molecule has 1 aromatic heterocycles. The summed E-state index contributed by atoms with van der Waals surface area (Å²) in [5.74, 6) is 0.103. The molecular weight excluding hydrogens is 356 g/mol. The number of rotatable bonds is 6. The van der Waals surface area contributed by atoms with Gasteiger partial charge in [0, 0.05) is 17.1 Å². The van der Waals surface area contributed by atoms with Crippen LogP contribution in [0.25, 0.3) is 5.69 Å². The van der Waals surface area contributed by atoms with Gasteiger partial charge in [0.2, 0.25) is 5.91 Å². The van der Waals surface area contributed by atoms with Crippen molar-refractivity contribution in [3.8, 4) is 5.69 Å². The summed E-state index contributed by atoms with van der Waals surface area (Å²) in [5, 5.41) is 9.29. The number of hydrogen-bond acceptors (Lipinski definition) is 4. The summed E-state index contributed by atoms with van der Waals surface area (Å²) in [5.41, 5.74) is 1.90. The first-order valence-corrected chi connectivity index (χ1v) is 9.63. The smallest absolute Gasteiger partial charge is 0.236 e. The standard InChI is InChI=1S/C18H25ClN4OS/c1-11(2)23(12(3)4)17(24)14(6)25-18-21-20-10-22(18)15-8-7-13(5)16(19)9-15/h7-12,14H,1-6H3. The van der Waals surface area contributed by atoms with Crippen molar-refractivity contribution in [1.29, 1.82) is 0 Å². The highest BCUT2D eigenvalue weighted by atomic mass is 35.5. The Morgan fingerprint density at radius 1 is 1.20 bits per heavy atom. The summed E-state index contributed by atoms with van der Waals surface area (Å²) < 4.78 is 1.86. The van der Waals surface area contributed by atoms with Crippen LogP contribution in [0.15, 0.2) is 29.7 Å². The van der Waals surface area contributed by atoms with Gasteiger partial charge in [-0.1, -0.05) is 29.4 Å². The first-order chi connectivity index (χ1) is 11.7. The van der Waals surface area contributed by atoms with Crippen LogP contribution in [0.5, 0.6) is 0 Å². The average molecular weight is 381 g/mol. The zero-order chi connectivity index (χ0) is 18.7. The van der Waals surface area contributed by atoms with Crippen molar-refractivity contribution < 1.29 is 4.79 Å². The Morgan fingerprint density at radius 2 is 1.84 bits per heavy atom. The number of halogens is 1. The number of benzene rings is 1. The molecule has 1 atom stereocenters. The lowest BCUT2D eigenvalue weighted by molar-refractivity contribution is -0.133. The van der Waals surface area contributed by atoms with Crippen LogP contribution in [-0.4, -0.2) is 42.9 Å². The number of amides is 1. The fourth-order valence-electron chi connectivity index (χ4n) is 2.74. The fourth-order valence-corrected chi connectivity index (χ4v) is 3.81. The van der Waals surface area contributed by atoms with E-state index in [2.05, 4.69) is 10.2 Å². The molecule has 5 nitrogen and oxygen atoms in total. The van der Waals surface area contributed by atoms with Gasteiger partial charge in [0.15, 0.2) is 5.16 Å². The van der Waals surface area contributed by atoms with Gasteiger partial charge in [-0.05, 0) is 59.2 Å². The molecule has 1 amide bonds. The zero-order valence-electron chi connectivity index (χ0n) is 15.5. The molecule has 0 fully saturated rings. The van der Waals surface area contributed by atoms with Crippen LogP contribution in [0.1, 0.15) is 40.2 Å². The van der Waals surface area contributed by atoms with E-state index in [-0.39, 0.29) is 23.2 Å². The molecule has 0 radical (unpaired) electrons. The summed E-state index contributed by atoms with van der Waals surface area (Å²) in [4.78, 5) is 14.7. The minimum atomic E-state index is -0.256. The monoisotopic (exact) mass is 380 g/mol. The van der Waals surface area contributed by atoms with E-state index < -0.39 is 0 Å². The lowest BCUT2D eigenvalue weighted by Crippen LogP contribution is -2.45. The highest BCUT2D eigenvalue weighted by molar-refractivity contribution is 8.00. The number of carbonyl (C=O) groups excluding carboxylic acids is 1. The minimum Gasteiger partial charge on any atom is -0.337 e. The van der Waals surface area contributed by atoms with Gasteiger partial charge in [0.25, 0.3) is 0 Å². The van der Waals surface area contributed by atoms with Crippen molar-refractivity contribution in [3.05, 3.63) is 35.1 Å². The maximum atomic E-state index is 12.8. The number of hydrogen-bond donors (Lipinski definition) is 0. The van der Waals surface area contributed by atoms with Crippen LogP contribution in [0, 0.1) is 6.92 Å². The molecule has 1 unspecified atom stereocenters. The Bertz CT molecular complexity index is 736. The summed E-state index contributed by atoms with van der Waals surface area (Å²) in [7, 11) is 0. The van der Waals surface area contributed by atoms with Gasteiger partial charge in [0.05, 0.1) is 10.9 Å². The zero-order valence-corrected chi connectivity index (χ0v) is 17.1. The highest BCUT2D eigenvalue weighted by Gasteiger charge is 2.27. The average Bonchev–Trinajstić information content (AvgIpc) is 2.97. The first kappa shape index (κ1) is 19.8. The summed E-state index contributed by atoms with van der Waals surface area (Å²) in [6.45, 7) is 12.0. The van der Waals surface area contributed by atoms with E-state index >= 15 is 0 Å². The van der Waals surface area contributed by atoms with E-state index in [1.165, 1.54) is 11.8 Å². The van der Waals surface area contributed by atoms with Gasteiger partial charge in [0.1, 0.15) is 6.33 Å². The van der Waals surface area contributed by atoms with E-state index in [0.29, 0.717) is 10.2 Å².